The molecular weight excluding hydrogens is 370 g/mol. The van der Waals surface area contributed by atoms with Crippen molar-refractivity contribution in [3.63, 3.8) is 0 Å². The van der Waals surface area contributed by atoms with E-state index in [1.807, 2.05) is 11.0 Å². The second-order valence-corrected chi connectivity index (χ2v) is 7.34. The van der Waals surface area contributed by atoms with Gasteiger partial charge in [0.25, 0.3) is 0 Å². The lowest BCUT2D eigenvalue weighted by atomic mass is 9.99. The van der Waals surface area contributed by atoms with Gasteiger partial charge < -0.3 is 25.0 Å². The molecule has 8 nitrogen and oxygen atoms in total. The lowest BCUT2D eigenvalue weighted by Gasteiger charge is -2.36. The molecule has 2 heterocycles. The minimum atomic E-state index is 0.126. The van der Waals surface area contributed by atoms with Gasteiger partial charge in [-0.2, -0.15) is 4.98 Å². The number of ether oxygens (including phenoxy) is 2. The molecule has 158 valence electrons. The number of aromatic nitrogens is 2. The van der Waals surface area contributed by atoms with Crippen LogP contribution < -0.4 is 20.1 Å². The number of rotatable bonds is 7. The number of carbonyl (C=O) groups excluding carboxylic acids is 1. The molecule has 1 aromatic carbocycles. The molecule has 1 fully saturated rings. The quantitative estimate of drug-likeness (QED) is 0.762. The van der Waals surface area contributed by atoms with Gasteiger partial charge in [0.2, 0.25) is 11.9 Å². The molecule has 1 atom stereocenters. The zero-order chi connectivity index (χ0) is 21.0. The molecule has 1 aliphatic rings. The van der Waals surface area contributed by atoms with Gasteiger partial charge in [0.05, 0.1) is 19.7 Å². The molecule has 0 spiro atoms. The Morgan fingerprint density at radius 2 is 1.76 bits per heavy atom. The van der Waals surface area contributed by atoms with Crippen molar-refractivity contribution in [3.8, 4) is 11.5 Å². The summed E-state index contributed by atoms with van der Waals surface area (Å²) in [5.74, 6) is 2.56. The van der Waals surface area contributed by atoms with Crippen LogP contribution in [0.3, 0.4) is 0 Å². The van der Waals surface area contributed by atoms with Crippen LogP contribution in [-0.4, -0.2) is 61.2 Å². The summed E-state index contributed by atoms with van der Waals surface area (Å²) in [5, 5.41) is 0.727. The van der Waals surface area contributed by atoms with Crippen LogP contribution in [0.4, 0.5) is 11.8 Å². The Morgan fingerprint density at radius 1 is 1.10 bits per heavy atom. The van der Waals surface area contributed by atoms with E-state index in [1.54, 1.807) is 20.3 Å². The maximum Gasteiger partial charge on any atom is 0.228 e. The fourth-order valence-electron chi connectivity index (χ4n) is 3.84. The molecule has 29 heavy (non-hydrogen) atoms. The van der Waals surface area contributed by atoms with Gasteiger partial charge in [-0.1, -0.05) is 20.3 Å². The van der Waals surface area contributed by atoms with Gasteiger partial charge in [-0.25, -0.2) is 4.98 Å². The maximum absolute atomic E-state index is 12.8. The lowest BCUT2D eigenvalue weighted by Crippen LogP contribution is -2.50. The Labute approximate surface area is 172 Å². The molecule has 2 aromatic rings. The third-order valence-electron chi connectivity index (χ3n) is 5.57. The first-order chi connectivity index (χ1) is 14.0. The van der Waals surface area contributed by atoms with Gasteiger partial charge in [-0.05, 0) is 18.9 Å². The van der Waals surface area contributed by atoms with Crippen LogP contribution in [0.15, 0.2) is 12.1 Å². The Morgan fingerprint density at radius 3 is 2.34 bits per heavy atom. The molecule has 8 heteroatoms. The number of hydrogen-bond donors (Lipinski definition) is 1. The second-order valence-electron chi connectivity index (χ2n) is 7.34. The number of hydrogen-bond acceptors (Lipinski definition) is 7. The van der Waals surface area contributed by atoms with Crippen LogP contribution in [-0.2, 0) is 4.79 Å². The lowest BCUT2D eigenvalue weighted by molar-refractivity contribution is -0.136. The van der Waals surface area contributed by atoms with Crippen LogP contribution in [0.5, 0.6) is 11.5 Å². The molecule has 2 N–H and O–H groups in total. The Hall–Kier alpha value is -2.77. The Kier molecular flexibility index (Phi) is 6.61. The predicted molar refractivity (Wildman–Crippen MR) is 115 cm³/mol. The normalized spacial score (nSPS) is 15.4. The second kappa shape index (κ2) is 9.15. The van der Waals surface area contributed by atoms with Crippen molar-refractivity contribution in [2.75, 3.05) is 51.0 Å². The standard InChI is InChI=1S/C21H31N5O3/c1-5-7-14(6-2)20(27)25-8-10-26(11-9-25)21-23-16-13-18(29-4)17(28-3)12-15(16)19(22)24-21/h12-14H,5-11H2,1-4H3,(H2,22,23,24). The first kappa shape index (κ1) is 21.0. The molecule has 1 unspecified atom stereocenters. The molecule has 0 radical (unpaired) electrons. The highest BCUT2D eigenvalue weighted by molar-refractivity contribution is 5.91. The van der Waals surface area contributed by atoms with Crippen molar-refractivity contribution in [2.45, 2.75) is 33.1 Å². The minimum absolute atomic E-state index is 0.126. The van der Waals surface area contributed by atoms with Crippen molar-refractivity contribution in [2.24, 2.45) is 5.92 Å². The molecule has 1 aromatic heterocycles. The van der Waals surface area contributed by atoms with Crippen LogP contribution in [0.1, 0.15) is 33.1 Å². The van der Waals surface area contributed by atoms with E-state index < -0.39 is 0 Å². The third-order valence-corrected chi connectivity index (χ3v) is 5.57. The number of piperazine rings is 1. The summed E-state index contributed by atoms with van der Waals surface area (Å²) in [6.07, 6.45) is 2.87. The maximum atomic E-state index is 12.8. The molecular formula is C21H31N5O3. The number of fused-ring (bicyclic) bond motifs is 1. The van der Waals surface area contributed by atoms with Crippen LogP contribution in [0.25, 0.3) is 10.9 Å². The first-order valence-corrected chi connectivity index (χ1v) is 10.2. The van der Waals surface area contributed by atoms with E-state index in [0.717, 1.165) is 24.6 Å². The van der Waals surface area contributed by atoms with Gasteiger partial charge in [-0.3, -0.25) is 4.79 Å². The largest absolute Gasteiger partial charge is 0.493 e. The van der Waals surface area contributed by atoms with Crippen molar-refractivity contribution in [3.05, 3.63) is 12.1 Å². The van der Waals surface area contributed by atoms with E-state index >= 15 is 0 Å². The van der Waals surface area contributed by atoms with Gasteiger partial charge in [-0.15, -0.1) is 0 Å². The highest BCUT2D eigenvalue weighted by Crippen LogP contribution is 2.34. The molecule has 0 saturated carbocycles. The average molecular weight is 402 g/mol. The minimum Gasteiger partial charge on any atom is -0.493 e. The number of anilines is 2. The predicted octanol–water partition coefficient (Wildman–Crippen LogP) is 2.70. The summed E-state index contributed by atoms with van der Waals surface area (Å²) in [6.45, 7) is 6.93. The van der Waals surface area contributed by atoms with E-state index in [1.165, 1.54) is 0 Å². The van der Waals surface area contributed by atoms with E-state index in [0.29, 0.717) is 55.0 Å². The Balaban J connectivity index is 1.77. The summed E-state index contributed by atoms with van der Waals surface area (Å²) in [5.41, 5.74) is 6.91. The smallest absolute Gasteiger partial charge is 0.228 e. The zero-order valence-electron chi connectivity index (χ0n) is 17.8. The van der Waals surface area contributed by atoms with Crippen molar-refractivity contribution in [1.29, 1.82) is 0 Å². The van der Waals surface area contributed by atoms with Gasteiger partial charge in [0.1, 0.15) is 5.82 Å². The highest BCUT2D eigenvalue weighted by atomic mass is 16.5. The molecule has 0 aliphatic carbocycles. The zero-order valence-corrected chi connectivity index (χ0v) is 17.8. The molecule has 3 rings (SSSR count). The van der Waals surface area contributed by atoms with Gasteiger partial charge >= 0.3 is 0 Å². The third kappa shape index (κ3) is 4.31. The molecule has 1 saturated heterocycles. The fraction of sp³-hybridized carbons (Fsp3) is 0.571. The number of nitrogens with zero attached hydrogens (tertiary/aromatic N) is 4. The molecule has 1 amide bonds. The van der Waals surface area contributed by atoms with Crippen molar-refractivity contribution >= 4 is 28.6 Å². The number of methoxy groups -OCH3 is 2. The molecule has 0 bridgehead atoms. The number of benzene rings is 1. The van der Waals surface area contributed by atoms with Crippen molar-refractivity contribution in [1.82, 2.24) is 14.9 Å². The average Bonchev–Trinajstić information content (AvgIpc) is 2.76. The fourth-order valence-corrected chi connectivity index (χ4v) is 3.84. The number of amides is 1. The van der Waals surface area contributed by atoms with Crippen LogP contribution in [0, 0.1) is 5.92 Å². The van der Waals surface area contributed by atoms with E-state index in [4.69, 9.17) is 20.2 Å². The number of nitrogen functional groups attached to an aromatic ring is 1. The topological polar surface area (TPSA) is 93.8 Å². The summed E-state index contributed by atoms with van der Waals surface area (Å²) < 4.78 is 10.7. The number of carbonyl (C=O) groups is 1. The van der Waals surface area contributed by atoms with Crippen molar-refractivity contribution < 1.29 is 14.3 Å². The van der Waals surface area contributed by atoms with Crippen LogP contribution >= 0.6 is 0 Å². The van der Waals surface area contributed by atoms with E-state index in [2.05, 4.69) is 23.7 Å². The van der Waals surface area contributed by atoms with E-state index in [9.17, 15) is 4.79 Å². The SMILES string of the molecule is CCCC(CC)C(=O)N1CCN(c2nc(N)c3cc(OC)c(OC)cc3n2)CC1. The summed E-state index contributed by atoms with van der Waals surface area (Å²) >= 11 is 0. The monoisotopic (exact) mass is 401 g/mol. The summed E-state index contributed by atoms with van der Waals surface area (Å²) in [6, 6.07) is 3.61. The number of nitrogens with two attached hydrogens (primary N) is 1. The molecule has 1 aliphatic heterocycles. The summed E-state index contributed by atoms with van der Waals surface area (Å²) in [4.78, 5) is 26.0. The van der Waals surface area contributed by atoms with Gasteiger partial charge in [0, 0.05) is 43.5 Å². The van der Waals surface area contributed by atoms with Gasteiger partial charge in [0.15, 0.2) is 11.5 Å². The first-order valence-electron chi connectivity index (χ1n) is 10.2. The van der Waals surface area contributed by atoms with E-state index in [-0.39, 0.29) is 11.8 Å². The Bertz CT molecular complexity index is 865. The highest BCUT2D eigenvalue weighted by Gasteiger charge is 2.27. The van der Waals surface area contributed by atoms with Crippen LogP contribution in [0.2, 0.25) is 0 Å². The summed E-state index contributed by atoms with van der Waals surface area (Å²) in [7, 11) is 3.17.